The molecule has 5 rings (SSSR count). The maximum Gasteiger partial charge on any atom is 0.137 e. The molecule has 0 bridgehead atoms. The second-order valence-corrected chi connectivity index (χ2v) is 16.0. The smallest absolute Gasteiger partial charge is 0.137 e. The van der Waals surface area contributed by atoms with Crippen LogP contribution in [0.3, 0.4) is 0 Å². The number of hydrogen-bond donors (Lipinski definition) is 0. The molecule has 1 aliphatic rings. The number of fused-ring (bicyclic) bond motifs is 3. The van der Waals surface area contributed by atoms with Crippen molar-refractivity contribution in [2.24, 2.45) is 0 Å². The number of hydrogen-bond acceptors (Lipinski definition) is 4. The van der Waals surface area contributed by atoms with Crippen molar-refractivity contribution in [2.75, 3.05) is 13.2 Å². The molecule has 4 aromatic rings. The highest BCUT2D eigenvalue weighted by molar-refractivity contribution is 7.14. The summed E-state index contributed by atoms with van der Waals surface area (Å²) in [5.41, 5.74) is 8.14. The van der Waals surface area contributed by atoms with Crippen molar-refractivity contribution in [1.29, 1.82) is 0 Å². The first-order chi connectivity index (χ1) is 24.3. The van der Waals surface area contributed by atoms with Gasteiger partial charge >= 0.3 is 0 Å². The van der Waals surface area contributed by atoms with Crippen molar-refractivity contribution in [3.63, 3.8) is 0 Å². The van der Waals surface area contributed by atoms with Gasteiger partial charge < -0.3 is 9.47 Å². The van der Waals surface area contributed by atoms with Crippen molar-refractivity contribution in [3.8, 4) is 43.5 Å². The van der Waals surface area contributed by atoms with Crippen molar-refractivity contribution in [2.45, 2.75) is 149 Å². The van der Waals surface area contributed by atoms with Crippen LogP contribution < -0.4 is 9.47 Å². The fourth-order valence-corrected chi connectivity index (χ4v) is 8.95. The molecule has 2 aromatic heterocycles. The lowest BCUT2D eigenvalue weighted by atomic mass is 10.0. The van der Waals surface area contributed by atoms with Gasteiger partial charge in [-0.3, -0.25) is 0 Å². The predicted octanol–water partition coefficient (Wildman–Crippen LogP) is 15.3. The van der Waals surface area contributed by atoms with Gasteiger partial charge in [0.2, 0.25) is 0 Å². The second-order valence-electron chi connectivity index (χ2n) is 14.2. The third-order valence-corrected chi connectivity index (χ3v) is 12.1. The summed E-state index contributed by atoms with van der Waals surface area (Å²) in [6, 6.07) is 18.4. The maximum absolute atomic E-state index is 6.32. The summed E-state index contributed by atoms with van der Waals surface area (Å²) in [5.74, 6) is 2.09. The zero-order chi connectivity index (χ0) is 33.9. The first-order valence-electron chi connectivity index (χ1n) is 20.0. The van der Waals surface area contributed by atoms with E-state index in [1.165, 1.54) is 159 Å². The molecule has 0 N–H and O–H groups in total. The van der Waals surface area contributed by atoms with E-state index in [2.05, 4.69) is 73.1 Å². The summed E-state index contributed by atoms with van der Waals surface area (Å²) >= 11 is 3.59. The van der Waals surface area contributed by atoms with Gasteiger partial charge in [0.1, 0.15) is 11.5 Å². The minimum atomic E-state index is 0.813. The molecule has 0 atom stereocenters. The van der Waals surface area contributed by atoms with Crippen LogP contribution in [0.25, 0.3) is 32.0 Å². The third kappa shape index (κ3) is 11.7. The number of thiophene rings is 2. The Hall–Kier alpha value is -2.56. The van der Waals surface area contributed by atoms with Gasteiger partial charge in [-0.25, -0.2) is 0 Å². The van der Waals surface area contributed by atoms with Gasteiger partial charge in [0, 0.05) is 0 Å². The van der Waals surface area contributed by atoms with Crippen molar-refractivity contribution < 1.29 is 9.47 Å². The third-order valence-electron chi connectivity index (χ3n) is 10.2. The van der Waals surface area contributed by atoms with E-state index in [1.807, 2.05) is 0 Å². The van der Waals surface area contributed by atoms with E-state index in [-0.39, 0.29) is 0 Å². The lowest BCUT2D eigenvalue weighted by molar-refractivity contribution is 0.306. The molecule has 0 radical (unpaired) electrons. The SMILES string of the molecule is CCCCCCCCCCCCOc1ccsc1-c1ccc2c(c1)Cc1cc(-c3sccc3OCCCCCCCCCCCC)ccc1-2. The van der Waals surface area contributed by atoms with Crippen LogP contribution in [0, 0.1) is 0 Å². The van der Waals surface area contributed by atoms with E-state index in [0.29, 0.717) is 0 Å². The molecule has 2 nitrogen and oxygen atoms in total. The van der Waals surface area contributed by atoms with Gasteiger partial charge in [-0.15, -0.1) is 22.7 Å². The number of benzene rings is 2. The average Bonchev–Trinajstić information content (AvgIpc) is 3.87. The molecule has 0 unspecified atom stereocenters. The maximum atomic E-state index is 6.32. The highest BCUT2D eigenvalue weighted by Gasteiger charge is 2.21. The molecule has 1 aliphatic carbocycles. The van der Waals surface area contributed by atoms with Crippen molar-refractivity contribution in [3.05, 3.63) is 70.4 Å². The molecule has 0 saturated carbocycles. The average molecular weight is 699 g/mol. The Morgan fingerprint density at radius 2 is 0.816 bits per heavy atom. The van der Waals surface area contributed by atoms with Gasteiger partial charge in [0.25, 0.3) is 0 Å². The summed E-state index contributed by atoms with van der Waals surface area (Å²) in [4.78, 5) is 2.52. The topological polar surface area (TPSA) is 18.5 Å². The minimum Gasteiger partial charge on any atom is -0.492 e. The molecule has 0 amide bonds. The van der Waals surface area contributed by atoms with E-state index < -0.39 is 0 Å². The van der Waals surface area contributed by atoms with Gasteiger partial charge in [-0.2, -0.15) is 0 Å². The van der Waals surface area contributed by atoms with Gasteiger partial charge in [-0.05, 0) is 87.7 Å². The number of rotatable bonds is 26. The largest absolute Gasteiger partial charge is 0.492 e. The van der Waals surface area contributed by atoms with Crippen LogP contribution in [-0.4, -0.2) is 13.2 Å². The molecule has 0 fully saturated rings. The van der Waals surface area contributed by atoms with Gasteiger partial charge in [-0.1, -0.05) is 154 Å². The normalized spacial score (nSPS) is 12.0. The molecule has 4 heteroatoms. The fourth-order valence-electron chi connectivity index (χ4n) is 7.28. The Kier molecular flexibility index (Phi) is 16.6. The van der Waals surface area contributed by atoms with E-state index >= 15 is 0 Å². The predicted molar refractivity (Wildman–Crippen MR) is 216 cm³/mol. The first-order valence-corrected chi connectivity index (χ1v) is 21.7. The fraction of sp³-hybridized carbons (Fsp3) is 0.556. The van der Waals surface area contributed by atoms with Crippen LogP contribution in [0.4, 0.5) is 0 Å². The van der Waals surface area contributed by atoms with Crippen LogP contribution in [0.1, 0.15) is 153 Å². The minimum absolute atomic E-state index is 0.813. The summed E-state index contributed by atoms with van der Waals surface area (Å²) in [5, 5.41) is 4.35. The summed E-state index contributed by atoms with van der Waals surface area (Å²) in [6.07, 6.45) is 27.9. The van der Waals surface area contributed by atoms with Gasteiger partial charge in [0.15, 0.2) is 0 Å². The number of ether oxygens (including phenoxy) is 2. The first kappa shape index (κ1) is 37.7. The molecule has 49 heavy (non-hydrogen) atoms. The summed E-state index contributed by atoms with van der Waals surface area (Å²) < 4.78 is 12.6. The highest BCUT2D eigenvalue weighted by atomic mass is 32.1. The Morgan fingerprint density at radius 3 is 1.20 bits per heavy atom. The zero-order valence-corrected chi connectivity index (χ0v) is 32.3. The van der Waals surface area contributed by atoms with E-state index in [0.717, 1.165) is 44.0 Å². The molecule has 0 saturated heterocycles. The summed E-state index contributed by atoms with van der Waals surface area (Å²) in [7, 11) is 0. The Balaban J connectivity index is 1.06. The van der Waals surface area contributed by atoms with Crippen LogP contribution in [-0.2, 0) is 6.42 Å². The molecule has 266 valence electrons. The molecule has 2 heterocycles. The van der Waals surface area contributed by atoms with Crippen molar-refractivity contribution in [1.82, 2.24) is 0 Å². The Morgan fingerprint density at radius 1 is 0.449 bits per heavy atom. The van der Waals surface area contributed by atoms with Crippen molar-refractivity contribution >= 4 is 22.7 Å². The van der Waals surface area contributed by atoms with E-state index in [4.69, 9.17) is 9.47 Å². The molecule has 0 aliphatic heterocycles. The van der Waals surface area contributed by atoms with Crippen LogP contribution in [0.15, 0.2) is 59.3 Å². The van der Waals surface area contributed by atoms with E-state index in [1.54, 1.807) is 22.7 Å². The van der Waals surface area contributed by atoms with Crippen LogP contribution in [0.2, 0.25) is 0 Å². The molecular formula is C45H62O2S2. The van der Waals surface area contributed by atoms with Gasteiger partial charge in [0.05, 0.1) is 23.0 Å². The monoisotopic (exact) mass is 698 g/mol. The van der Waals surface area contributed by atoms with Crippen LogP contribution in [0.5, 0.6) is 11.5 Å². The standard InChI is InChI=1S/C45H62O2S2/c1-3-5-7-9-11-13-15-17-19-21-29-46-42-27-31-48-44(42)36-23-25-40-38(33-36)35-39-34-37(24-26-41(39)40)45-43(28-32-49-45)47-30-22-20-18-16-14-12-10-8-6-4-2/h23-28,31-34H,3-22,29-30,35H2,1-2H3. The number of unbranched alkanes of at least 4 members (excludes halogenated alkanes) is 18. The Bertz CT molecular complexity index is 1390. The van der Waals surface area contributed by atoms with Crippen LogP contribution >= 0.6 is 22.7 Å². The van der Waals surface area contributed by atoms with E-state index in [9.17, 15) is 0 Å². The molecular weight excluding hydrogens is 637 g/mol. The lowest BCUT2D eigenvalue weighted by Gasteiger charge is -2.10. The quantitative estimate of drug-likeness (QED) is 0.0535. The highest BCUT2D eigenvalue weighted by Crippen LogP contribution is 2.44. The lowest BCUT2D eigenvalue weighted by Crippen LogP contribution is -1.97. The molecule has 2 aromatic carbocycles. The zero-order valence-electron chi connectivity index (χ0n) is 30.7. The second kappa shape index (κ2) is 21.6. The summed E-state index contributed by atoms with van der Waals surface area (Å²) in [6.45, 7) is 6.20. The molecule has 0 spiro atoms. The Labute approximate surface area is 306 Å².